The molecule has 0 unspecified atom stereocenters. The summed E-state index contributed by atoms with van der Waals surface area (Å²) < 4.78 is 23.5. The zero-order valence-corrected chi connectivity index (χ0v) is 22.4. The fourth-order valence-corrected chi connectivity index (χ4v) is 4.64. The van der Waals surface area contributed by atoms with Gasteiger partial charge in [-0.25, -0.2) is 14.4 Å². The third-order valence-corrected chi connectivity index (χ3v) is 6.81. The van der Waals surface area contributed by atoms with Crippen LogP contribution in [0, 0.1) is 17.1 Å². The molecule has 0 atom stereocenters. The van der Waals surface area contributed by atoms with Crippen LogP contribution in [0.4, 0.5) is 4.39 Å². The summed E-state index contributed by atoms with van der Waals surface area (Å²) in [6.45, 7) is 0.826. The van der Waals surface area contributed by atoms with Gasteiger partial charge in [0.05, 0.1) is 29.3 Å². The van der Waals surface area contributed by atoms with Crippen molar-refractivity contribution in [2.45, 2.75) is 13.2 Å². The van der Waals surface area contributed by atoms with Gasteiger partial charge in [0.1, 0.15) is 30.1 Å². The fourth-order valence-electron chi connectivity index (χ4n) is 4.64. The van der Waals surface area contributed by atoms with Crippen LogP contribution in [0.2, 0.25) is 0 Å². The van der Waals surface area contributed by atoms with Crippen molar-refractivity contribution in [3.05, 3.63) is 154 Å². The van der Waals surface area contributed by atoms with E-state index in [1.165, 1.54) is 18.2 Å². The van der Waals surface area contributed by atoms with Gasteiger partial charge < -0.3 is 9.30 Å². The minimum absolute atomic E-state index is 0.0167. The summed E-state index contributed by atoms with van der Waals surface area (Å²) >= 11 is 0. The summed E-state index contributed by atoms with van der Waals surface area (Å²) in [4.78, 5) is 21.8. The first-order valence-corrected chi connectivity index (χ1v) is 13.2. The van der Waals surface area contributed by atoms with Gasteiger partial charge in [-0.1, -0.05) is 42.5 Å². The Hall–Kier alpha value is -5.81. The van der Waals surface area contributed by atoms with Crippen molar-refractivity contribution in [2.24, 2.45) is 0 Å². The Bertz CT molecular complexity index is 2010. The highest BCUT2D eigenvalue weighted by Gasteiger charge is 2.09. The summed E-state index contributed by atoms with van der Waals surface area (Å²) in [5.74, 6) is 0.612. The number of hydrogen-bond acceptors (Lipinski definition) is 5. The van der Waals surface area contributed by atoms with E-state index < -0.39 is 5.82 Å². The lowest BCUT2D eigenvalue weighted by molar-refractivity contribution is 0.306. The van der Waals surface area contributed by atoms with Gasteiger partial charge in [0.2, 0.25) is 0 Å². The van der Waals surface area contributed by atoms with E-state index in [-0.39, 0.29) is 11.1 Å². The van der Waals surface area contributed by atoms with E-state index in [9.17, 15) is 9.18 Å². The Labute approximate surface area is 241 Å². The average Bonchev–Trinajstić information content (AvgIpc) is 3.46. The van der Waals surface area contributed by atoms with Crippen LogP contribution in [0.1, 0.15) is 27.9 Å². The van der Waals surface area contributed by atoms with Crippen LogP contribution in [0.3, 0.4) is 0 Å². The van der Waals surface area contributed by atoms with E-state index in [4.69, 9.17) is 10.00 Å². The predicted molar refractivity (Wildman–Crippen MR) is 159 cm³/mol. The van der Waals surface area contributed by atoms with Crippen LogP contribution in [0.5, 0.6) is 5.75 Å². The minimum Gasteiger partial charge on any atom is -0.489 e. The van der Waals surface area contributed by atoms with Gasteiger partial charge in [0, 0.05) is 24.9 Å². The summed E-state index contributed by atoms with van der Waals surface area (Å²) in [6.07, 6.45) is 8.87. The molecule has 3 aromatic carbocycles. The number of nitrogens with zero attached hydrogens (tertiary/aromatic N) is 5. The first-order chi connectivity index (χ1) is 20.6. The van der Waals surface area contributed by atoms with Crippen molar-refractivity contribution in [3.63, 3.8) is 0 Å². The highest BCUT2D eigenvalue weighted by atomic mass is 19.1. The second-order valence-corrected chi connectivity index (χ2v) is 9.66. The number of nitriles is 1. The van der Waals surface area contributed by atoms with Gasteiger partial charge in [-0.3, -0.25) is 9.36 Å². The quantitative estimate of drug-likeness (QED) is 0.218. The van der Waals surface area contributed by atoms with Crippen molar-refractivity contribution in [2.75, 3.05) is 0 Å². The molecule has 3 aromatic heterocycles. The van der Waals surface area contributed by atoms with Gasteiger partial charge in [0.25, 0.3) is 5.56 Å². The smallest absolute Gasteiger partial charge is 0.256 e. The van der Waals surface area contributed by atoms with E-state index in [1.807, 2.05) is 77.4 Å². The van der Waals surface area contributed by atoms with Crippen LogP contribution in [-0.2, 0) is 13.2 Å². The van der Waals surface area contributed by atoms with Crippen molar-refractivity contribution in [1.29, 1.82) is 5.26 Å². The van der Waals surface area contributed by atoms with Crippen molar-refractivity contribution < 1.29 is 9.13 Å². The van der Waals surface area contributed by atoms with Gasteiger partial charge in [-0.05, 0) is 70.6 Å². The van der Waals surface area contributed by atoms with Gasteiger partial charge in [-0.15, -0.1) is 0 Å². The molecule has 0 aliphatic rings. The van der Waals surface area contributed by atoms with Crippen LogP contribution in [0.25, 0.3) is 28.9 Å². The molecule has 0 amide bonds. The van der Waals surface area contributed by atoms with E-state index >= 15 is 0 Å². The monoisotopic (exact) mass is 553 g/mol. The van der Waals surface area contributed by atoms with Gasteiger partial charge in [0.15, 0.2) is 0 Å². The predicted octanol–water partition coefficient (Wildman–Crippen LogP) is 6.39. The molecule has 0 spiro atoms. The molecular weight excluding hydrogens is 529 g/mol. The molecule has 8 heteroatoms. The largest absolute Gasteiger partial charge is 0.489 e. The van der Waals surface area contributed by atoms with Crippen LogP contribution in [0.15, 0.2) is 115 Å². The van der Waals surface area contributed by atoms with Crippen LogP contribution >= 0.6 is 0 Å². The van der Waals surface area contributed by atoms with E-state index in [2.05, 4.69) is 9.97 Å². The molecule has 6 rings (SSSR count). The summed E-state index contributed by atoms with van der Waals surface area (Å²) in [7, 11) is 0. The maximum absolute atomic E-state index is 14.0. The summed E-state index contributed by atoms with van der Waals surface area (Å²) in [5, 5.41) is 9.85. The van der Waals surface area contributed by atoms with Crippen molar-refractivity contribution in [1.82, 2.24) is 19.1 Å². The lowest BCUT2D eigenvalue weighted by atomic mass is 10.1. The summed E-state index contributed by atoms with van der Waals surface area (Å²) in [5.41, 5.74) is 3.95. The molecule has 0 N–H and O–H groups in total. The number of rotatable bonds is 8. The number of imidazole rings is 1. The standard InChI is InChI=1S/C34H24FN5O2/c35-31-16-26(6-9-28(31)18-36)21-39-23-37-20-29(39)12-7-24-8-14-33(38-19-24)40-32-17-30(13-10-27(32)11-15-34(40)41)42-22-25-4-2-1-3-5-25/h1-17,19-20,23H,21-22H2/b12-7+. The lowest BCUT2D eigenvalue weighted by Crippen LogP contribution is -2.18. The molecule has 7 nitrogen and oxygen atoms in total. The number of halogens is 1. The van der Waals surface area contributed by atoms with Gasteiger partial charge in [-0.2, -0.15) is 5.26 Å². The lowest BCUT2D eigenvalue weighted by Gasteiger charge is -2.12. The van der Waals surface area contributed by atoms with E-state index in [0.29, 0.717) is 30.2 Å². The minimum atomic E-state index is -0.542. The zero-order chi connectivity index (χ0) is 28.9. The molecule has 204 valence electrons. The third-order valence-electron chi connectivity index (χ3n) is 6.81. The Morgan fingerprint density at radius 1 is 0.905 bits per heavy atom. The van der Waals surface area contributed by atoms with E-state index in [0.717, 1.165) is 27.8 Å². The zero-order valence-electron chi connectivity index (χ0n) is 22.4. The number of ether oxygens (including phenoxy) is 1. The van der Waals surface area contributed by atoms with Crippen LogP contribution in [-0.4, -0.2) is 19.1 Å². The van der Waals surface area contributed by atoms with Crippen molar-refractivity contribution >= 4 is 23.1 Å². The van der Waals surface area contributed by atoms with Crippen LogP contribution < -0.4 is 10.3 Å². The molecule has 42 heavy (non-hydrogen) atoms. The van der Waals surface area contributed by atoms with E-state index in [1.54, 1.807) is 41.5 Å². The molecule has 0 radical (unpaired) electrons. The maximum atomic E-state index is 14.0. The van der Waals surface area contributed by atoms with Gasteiger partial charge >= 0.3 is 0 Å². The second-order valence-electron chi connectivity index (χ2n) is 9.66. The molecule has 0 aliphatic carbocycles. The highest BCUT2D eigenvalue weighted by molar-refractivity contribution is 5.82. The number of aromatic nitrogens is 4. The second kappa shape index (κ2) is 11.7. The number of hydrogen-bond donors (Lipinski definition) is 0. The van der Waals surface area contributed by atoms with Crippen molar-refractivity contribution in [3.8, 4) is 17.6 Å². The molecular formula is C34H24FN5O2. The molecule has 3 heterocycles. The SMILES string of the molecule is N#Cc1ccc(Cn2cncc2/C=C/c2ccc(-n3c(=O)ccc4ccc(OCc5ccccc5)cc43)nc2)cc1F. The summed E-state index contributed by atoms with van der Waals surface area (Å²) in [6, 6.07) is 29.0. The number of fused-ring (bicyclic) bond motifs is 1. The first kappa shape index (κ1) is 26.4. The molecule has 0 fully saturated rings. The highest BCUT2D eigenvalue weighted by Crippen LogP contribution is 2.23. The Kier molecular flexibility index (Phi) is 7.38. The Morgan fingerprint density at radius 2 is 1.76 bits per heavy atom. The third kappa shape index (κ3) is 5.71. The molecule has 0 bridgehead atoms. The molecule has 6 aromatic rings. The average molecular weight is 554 g/mol. The number of benzene rings is 3. The first-order valence-electron chi connectivity index (χ1n) is 13.2. The fraction of sp³-hybridized carbons (Fsp3) is 0.0588. The normalized spacial score (nSPS) is 11.1. The Balaban J connectivity index is 1.22. The molecule has 0 aliphatic heterocycles. The molecule has 0 saturated carbocycles. The Morgan fingerprint density at radius 3 is 2.55 bits per heavy atom. The molecule has 0 saturated heterocycles. The maximum Gasteiger partial charge on any atom is 0.256 e. The number of pyridine rings is 2. The topological polar surface area (TPSA) is 85.7 Å².